The minimum atomic E-state index is -1.29. The Balaban J connectivity index is 2.05. The van der Waals surface area contributed by atoms with Crippen LogP contribution in [-0.2, 0) is 38.4 Å². The van der Waals surface area contributed by atoms with Gasteiger partial charge in [-0.15, -0.1) is 0 Å². The van der Waals surface area contributed by atoms with Gasteiger partial charge in [-0.25, -0.2) is 4.79 Å². The van der Waals surface area contributed by atoms with Crippen molar-refractivity contribution in [2.75, 3.05) is 18.1 Å². The van der Waals surface area contributed by atoms with Crippen molar-refractivity contribution >= 4 is 68.8 Å². The second kappa shape index (κ2) is 23.8. The predicted octanol–water partition coefficient (Wildman–Crippen LogP) is 2.11. The van der Waals surface area contributed by atoms with E-state index in [1.165, 1.54) is 0 Å². The van der Waals surface area contributed by atoms with Crippen molar-refractivity contribution in [2.24, 2.45) is 17.4 Å². The molecule has 4 unspecified atom stereocenters. The number of nitrogens with one attached hydrogen (secondary N) is 2. The van der Waals surface area contributed by atoms with Crippen LogP contribution in [-0.4, -0.2) is 93.6 Å². The lowest BCUT2D eigenvalue weighted by Crippen LogP contribution is -2.43. The van der Waals surface area contributed by atoms with Gasteiger partial charge in [0.1, 0.15) is 35.9 Å². The zero-order valence-corrected chi connectivity index (χ0v) is 31.6. The number of Topliss-reactive ketones (excluding diaryl/α,β-unsaturated/α-hetero) is 2. The summed E-state index contributed by atoms with van der Waals surface area (Å²) < 4.78 is 10.5. The summed E-state index contributed by atoms with van der Waals surface area (Å²) in [5.41, 5.74) is 12.9. The van der Waals surface area contributed by atoms with Gasteiger partial charge in [-0.05, 0) is 51.0 Å². The summed E-state index contributed by atoms with van der Waals surface area (Å²) in [6, 6.07) is 9.72. The molecule has 0 fully saturated rings. The number of rotatable bonds is 25. The van der Waals surface area contributed by atoms with E-state index in [0.717, 1.165) is 32.7 Å². The molecule has 4 atom stereocenters. The fourth-order valence-electron chi connectivity index (χ4n) is 4.45. The number of benzene rings is 2. The predicted molar refractivity (Wildman–Crippen MR) is 201 cm³/mol. The fraction of sp³-hybridized carbons (Fsp3) is 0.444. The minimum Gasteiger partial charge on any atom is -0.480 e. The average molecular weight is 791 g/mol. The fourth-order valence-corrected chi connectivity index (χ4v) is 6.96. The third-order valence-corrected chi connectivity index (χ3v) is 10.2. The number of ketones is 2. The number of nitrogens with two attached hydrogens (primary N) is 2. The maximum atomic E-state index is 13.2. The average Bonchev–Trinajstić information content (AvgIpc) is 3.13. The van der Waals surface area contributed by atoms with Crippen LogP contribution >= 0.6 is 21.6 Å². The Morgan fingerprint density at radius 1 is 0.685 bits per heavy atom. The molecular weight excluding hydrogens is 745 g/mol. The van der Waals surface area contributed by atoms with Gasteiger partial charge in [0.25, 0.3) is 0 Å². The van der Waals surface area contributed by atoms with Crippen molar-refractivity contribution in [1.82, 2.24) is 10.6 Å². The molecule has 0 bridgehead atoms. The Hall–Kier alpha value is -4.78. The number of aliphatic carboxylic acids is 2. The molecule has 2 aromatic carbocycles. The van der Waals surface area contributed by atoms with Gasteiger partial charge in [0.05, 0.1) is 18.4 Å². The van der Waals surface area contributed by atoms with E-state index in [1.54, 1.807) is 48.5 Å². The number of hydrogen-bond donors (Lipinski definition) is 6. The normalized spacial score (nSPS) is 13.0. The highest BCUT2D eigenvalue weighted by Crippen LogP contribution is 2.27. The summed E-state index contributed by atoms with van der Waals surface area (Å²) in [5.74, 6) is -6.67. The molecule has 2 rings (SSSR count). The second-order valence-corrected chi connectivity index (χ2v) is 14.9. The highest BCUT2D eigenvalue weighted by atomic mass is 33.1. The van der Waals surface area contributed by atoms with Gasteiger partial charge in [0.15, 0.2) is 5.78 Å². The van der Waals surface area contributed by atoms with Crippen molar-refractivity contribution in [3.8, 4) is 11.5 Å². The molecule has 0 spiro atoms. The lowest BCUT2D eigenvalue weighted by Gasteiger charge is -2.19. The van der Waals surface area contributed by atoms with Gasteiger partial charge in [0, 0.05) is 37.2 Å². The maximum absolute atomic E-state index is 13.2. The third kappa shape index (κ3) is 18.3. The van der Waals surface area contributed by atoms with Crippen LogP contribution in [0, 0.1) is 19.8 Å². The first-order chi connectivity index (χ1) is 25.5. The highest BCUT2D eigenvalue weighted by Gasteiger charge is 2.26. The molecule has 8 N–H and O–H groups in total. The molecule has 294 valence electrons. The summed E-state index contributed by atoms with van der Waals surface area (Å²) in [6.07, 6.45) is -1.70. The molecule has 2 amide bonds. The Morgan fingerprint density at radius 3 is 1.72 bits per heavy atom. The monoisotopic (exact) mass is 790 g/mol. The highest BCUT2D eigenvalue weighted by molar-refractivity contribution is 8.76. The number of ether oxygens (including phenoxy) is 2. The molecule has 0 aliphatic carbocycles. The lowest BCUT2D eigenvalue weighted by atomic mass is 9.99. The number of carboxylic acid groups (broad SMARTS) is 2. The Labute approximate surface area is 320 Å². The molecule has 54 heavy (non-hydrogen) atoms. The quantitative estimate of drug-likeness (QED) is 0.0364. The molecule has 0 saturated heterocycles. The summed E-state index contributed by atoms with van der Waals surface area (Å²) in [5, 5.41) is 23.1. The van der Waals surface area contributed by atoms with E-state index in [2.05, 4.69) is 10.6 Å². The van der Waals surface area contributed by atoms with Gasteiger partial charge in [0.2, 0.25) is 11.8 Å². The second-order valence-electron chi connectivity index (χ2n) is 12.4. The molecule has 0 radical (unpaired) electrons. The largest absolute Gasteiger partial charge is 0.480 e. The SMILES string of the molecule is Cc1ccc(OC(=O)CCC(=O)C(CSSCC(CC(=O)CCC(N)C(=O)O)C(=O)NCC(=O)Oc2ccc(C)cc2)NC(=O)CCC(N)C(=O)O)cc1. The van der Waals surface area contributed by atoms with Crippen LogP contribution in [0.15, 0.2) is 48.5 Å². The number of carbonyl (C=O) groups excluding carboxylic acids is 6. The maximum Gasteiger partial charge on any atom is 0.330 e. The van der Waals surface area contributed by atoms with Crippen molar-refractivity contribution < 1.29 is 58.0 Å². The standard InChI is InChI=1S/C36H46N4O12S2/c1-21-3-8-25(9-4-21)51-32(44)16-14-30(42)29(40-31(43)15-13-28(38)36(49)50)20-54-53-19-23(17-24(41)7-12-27(37)35(47)48)34(46)39-18-33(45)52-26-10-5-22(2)6-11-26/h3-6,8-11,23,27-29H,7,12-20,37-38H2,1-2H3,(H,39,46)(H,40,43)(H,47,48)(H,49,50). The first-order valence-corrected chi connectivity index (χ1v) is 19.4. The molecule has 18 heteroatoms. The number of amides is 2. The molecule has 0 aliphatic rings. The van der Waals surface area contributed by atoms with Gasteiger partial charge < -0.3 is 41.8 Å². The Morgan fingerprint density at radius 2 is 1.19 bits per heavy atom. The Kier molecular flexibility index (Phi) is 20.0. The van der Waals surface area contributed by atoms with Crippen LogP contribution < -0.4 is 31.6 Å². The zero-order chi connectivity index (χ0) is 40.2. The van der Waals surface area contributed by atoms with E-state index in [9.17, 15) is 38.4 Å². The van der Waals surface area contributed by atoms with E-state index in [4.69, 9.17) is 31.2 Å². The first-order valence-electron chi connectivity index (χ1n) is 16.9. The topological polar surface area (TPSA) is 272 Å². The lowest BCUT2D eigenvalue weighted by molar-refractivity contribution is -0.140. The van der Waals surface area contributed by atoms with E-state index >= 15 is 0 Å². The minimum absolute atomic E-state index is 0.00539. The van der Waals surface area contributed by atoms with Gasteiger partial charge in [-0.1, -0.05) is 57.0 Å². The van der Waals surface area contributed by atoms with Crippen molar-refractivity contribution in [1.29, 1.82) is 0 Å². The van der Waals surface area contributed by atoms with Crippen LogP contribution in [0.25, 0.3) is 0 Å². The van der Waals surface area contributed by atoms with Crippen LogP contribution in [0.1, 0.15) is 56.1 Å². The van der Waals surface area contributed by atoms with Crippen molar-refractivity contribution in [3.05, 3.63) is 59.7 Å². The number of carbonyl (C=O) groups is 8. The zero-order valence-electron chi connectivity index (χ0n) is 29.9. The van der Waals surface area contributed by atoms with Crippen molar-refractivity contribution in [3.63, 3.8) is 0 Å². The Bertz CT molecular complexity index is 1500. The van der Waals surface area contributed by atoms with E-state index < -0.39 is 77.8 Å². The molecule has 0 heterocycles. The molecule has 0 aromatic heterocycles. The van der Waals surface area contributed by atoms with Gasteiger partial charge in [-0.3, -0.25) is 33.6 Å². The summed E-state index contributed by atoms with van der Waals surface area (Å²) in [4.78, 5) is 98.7. The molecule has 0 saturated carbocycles. The summed E-state index contributed by atoms with van der Waals surface area (Å²) in [7, 11) is 2.18. The van der Waals surface area contributed by atoms with Gasteiger partial charge >= 0.3 is 23.9 Å². The molecular formula is C36H46N4O12S2. The van der Waals surface area contributed by atoms with Crippen LogP contribution in [0.5, 0.6) is 11.5 Å². The van der Waals surface area contributed by atoms with E-state index in [1.807, 2.05) is 13.8 Å². The number of hydrogen-bond acceptors (Lipinski definition) is 14. The smallest absolute Gasteiger partial charge is 0.330 e. The van der Waals surface area contributed by atoms with Crippen LogP contribution in [0.2, 0.25) is 0 Å². The number of esters is 2. The molecule has 16 nitrogen and oxygen atoms in total. The van der Waals surface area contributed by atoms with E-state index in [0.29, 0.717) is 5.75 Å². The van der Waals surface area contributed by atoms with Gasteiger partial charge in [-0.2, -0.15) is 0 Å². The third-order valence-electron chi connectivity index (χ3n) is 7.69. The number of aryl methyl sites for hydroxylation is 2. The molecule has 2 aromatic rings. The summed E-state index contributed by atoms with van der Waals surface area (Å²) in [6.45, 7) is 3.23. The molecule has 0 aliphatic heterocycles. The van der Waals surface area contributed by atoms with E-state index in [-0.39, 0.29) is 62.2 Å². The van der Waals surface area contributed by atoms with Crippen LogP contribution in [0.4, 0.5) is 0 Å². The first kappa shape index (κ1) is 45.4. The number of carboxylic acids is 2. The van der Waals surface area contributed by atoms with Crippen molar-refractivity contribution in [2.45, 2.75) is 76.9 Å². The van der Waals surface area contributed by atoms with Crippen LogP contribution in [0.3, 0.4) is 0 Å². The summed E-state index contributed by atoms with van der Waals surface area (Å²) >= 11 is 0.